The van der Waals surface area contributed by atoms with E-state index in [1.54, 1.807) is 7.11 Å². The van der Waals surface area contributed by atoms with Gasteiger partial charge in [-0.05, 0) is 31.4 Å². The average Bonchev–Trinajstić information content (AvgIpc) is 3.03. The molecule has 1 heterocycles. The van der Waals surface area contributed by atoms with E-state index >= 15 is 0 Å². The van der Waals surface area contributed by atoms with Crippen molar-refractivity contribution >= 4 is 5.69 Å². The van der Waals surface area contributed by atoms with Gasteiger partial charge in [-0.15, -0.1) is 0 Å². The van der Waals surface area contributed by atoms with Crippen LogP contribution < -0.4 is 10.2 Å². The van der Waals surface area contributed by atoms with Crippen LogP contribution in [0.15, 0.2) is 24.3 Å². The molecule has 1 aromatic rings. The summed E-state index contributed by atoms with van der Waals surface area (Å²) in [6, 6.07) is 8.64. The monoisotopic (exact) mass is 292 g/mol. The lowest BCUT2D eigenvalue weighted by molar-refractivity contribution is 0.115. The Balaban J connectivity index is 1.98. The van der Waals surface area contributed by atoms with Crippen molar-refractivity contribution in [2.24, 2.45) is 0 Å². The summed E-state index contributed by atoms with van der Waals surface area (Å²) in [5.74, 6) is 0. The van der Waals surface area contributed by atoms with Crippen LogP contribution in [0.2, 0.25) is 0 Å². The first kappa shape index (κ1) is 16.3. The highest BCUT2D eigenvalue weighted by Gasteiger charge is 2.19. The molecule has 1 atom stereocenters. The van der Waals surface area contributed by atoms with Crippen LogP contribution in [0, 0.1) is 0 Å². The standard InChI is InChI=1S/C17H28N2O2/c1-3-19(14-16-8-6-11-21-16)17-9-5-4-7-15(17)13-18-10-12-20-2/h4-5,7,9,16,18H,3,6,8,10-14H2,1-2H3. The molecule has 1 aliphatic rings. The van der Waals surface area contributed by atoms with Crippen molar-refractivity contribution in [3.05, 3.63) is 29.8 Å². The second-order valence-corrected chi connectivity index (χ2v) is 5.47. The van der Waals surface area contributed by atoms with Crippen LogP contribution in [0.1, 0.15) is 25.3 Å². The Bertz CT molecular complexity index is 406. The maximum Gasteiger partial charge on any atom is 0.0750 e. The van der Waals surface area contributed by atoms with Gasteiger partial charge in [0.1, 0.15) is 0 Å². The van der Waals surface area contributed by atoms with E-state index in [1.165, 1.54) is 24.1 Å². The predicted octanol–water partition coefficient (Wildman–Crippen LogP) is 2.43. The SMILES string of the molecule is CCN(CC1CCCO1)c1ccccc1CNCCOC. The number of likely N-dealkylation sites (N-methyl/N-ethyl adjacent to an activating group) is 1. The number of rotatable bonds is 9. The molecule has 0 saturated carbocycles. The van der Waals surface area contributed by atoms with E-state index in [0.717, 1.165) is 39.4 Å². The lowest BCUT2D eigenvalue weighted by Crippen LogP contribution is -2.33. The highest BCUT2D eigenvalue weighted by atomic mass is 16.5. The van der Waals surface area contributed by atoms with Gasteiger partial charge in [-0.25, -0.2) is 0 Å². The molecule has 0 aliphatic carbocycles. The molecule has 4 heteroatoms. The molecule has 2 rings (SSSR count). The average molecular weight is 292 g/mol. The number of hydrogen-bond donors (Lipinski definition) is 1. The molecule has 0 amide bonds. The van der Waals surface area contributed by atoms with Gasteiger partial charge in [-0.3, -0.25) is 0 Å². The fourth-order valence-electron chi connectivity index (χ4n) is 2.80. The second kappa shape index (κ2) is 9.03. The van der Waals surface area contributed by atoms with E-state index in [2.05, 4.69) is 41.4 Å². The minimum atomic E-state index is 0.388. The fourth-order valence-corrected chi connectivity index (χ4v) is 2.80. The summed E-state index contributed by atoms with van der Waals surface area (Å²) in [4.78, 5) is 2.43. The molecule has 0 spiro atoms. The summed E-state index contributed by atoms with van der Waals surface area (Å²) in [7, 11) is 1.73. The summed E-state index contributed by atoms with van der Waals surface area (Å²) in [5.41, 5.74) is 2.66. The number of para-hydroxylation sites is 1. The largest absolute Gasteiger partial charge is 0.383 e. The summed E-state index contributed by atoms with van der Waals surface area (Å²) < 4.78 is 10.9. The smallest absolute Gasteiger partial charge is 0.0750 e. The number of nitrogens with zero attached hydrogens (tertiary/aromatic N) is 1. The maximum atomic E-state index is 5.79. The van der Waals surface area contributed by atoms with Crippen LogP contribution in [0.3, 0.4) is 0 Å². The highest BCUT2D eigenvalue weighted by molar-refractivity contribution is 5.53. The molecule has 0 aromatic heterocycles. The number of methoxy groups -OCH3 is 1. The van der Waals surface area contributed by atoms with Gasteiger partial charge in [0.2, 0.25) is 0 Å². The molecule has 0 radical (unpaired) electrons. The minimum absolute atomic E-state index is 0.388. The number of benzene rings is 1. The maximum absolute atomic E-state index is 5.79. The molecule has 1 aromatic carbocycles. The quantitative estimate of drug-likeness (QED) is 0.709. The molecular weight excluding hydrogens is 264 g/mol. The van der Waals surface area contributed by atoms with Gasteiger partial charge in [-0.1, -0.05) is 18.2 Å². The Morgan fingerprint density at radius 3 is 2.95 bits per heavy atom. The molecule has 1 saturated heterocycles. The zero-order valence-corrected chi connectivity index (χ0v) is 13.3. The van der Waals surface area contributed by atoms with Crippen molar-refractivity contribution in [3.63, 3.8) is 0 Å². The summed E-state index contributed by atoms with van der Waals surface area (Å²) in [6.45, 7) is 7.63. The molecule has 1 aliphatic heterocycles. The Kier molecular flexibility index (Phi) is 7.00. The lowest BCUT2D eigenvalue weighted by Gasteiger charge is -2.28. The van der Waals surface area contributed by atoms with Crippen molar-refractivity contribution in [2.45, 2.75) is 32.4 Å². The normalized spacial score (nSPS) is 18.1. The zero-order valence-electron chi connectivity index (χ0n) is 13.3. The number of nitrogens with one attached hydrogen (secondary N) is 1. The van der Waals surface area contributed by atoms with Crippen LogP contribution in [0.5, 0.6) is 0 Å². The van der Waals surface area contributed by atoms with Crippen molar-refractivity contribution in [1.29, 1.82) is 0 Å². The van der Waals surface area contributed by atoms with Crippen molar-refractivity contribution < 1.29 is 9.47 Å². The Labute approximate surface area is 128 Å². The molecule has 0 bridgehead atoms. The van der Waals surface area contributed by atoms with Gasteiger partial charge >= 0.3 is 0 Å². The second-order valence-electron chi connectivity index (χ2n) is 5.47. The Morgan fingerprint density at radius 2 is 2.24 bits per heavy atom. The van der Waals surface area contributed by atoms with Gasteiger partial charge < -0.3 is 19.7 Å². The van der Waals surface area contributed by atoms with Gasteiger partial charge in [0.15, 0.2) is 0 Å². The third-order valence-corrected chi connectivity index (χ3v) is 3.96. The molecule has 1 fully saturated rings. The Morgan fingerprint density at radius 1 is 1.38 bits per heavy atom. The van der Waals surface area contributed by atoms with Crippen molar-refractivity contribution in [3.8, 4) is 0 Å². The van der Waals surface area contributed by atoms with Crippen LogP contribution in [-0.2, 0) is 16.0 Å². The van der Waals surface area contributed by atoms with Crippen LogP contribution in [-0.4, -0.2) is 46.1 Å². The first-order chi connectivity index (χ1) is 10.3. The minimum Gasteiger partial charge on any atom is -0.383 e. The van der Waals surface area contributed by atoms with E-state index < -0.39 is 0 Å². The topological polar surface area (TPSA) is 33.7 Å². The third kappa shape index (κ3) is 4.99. The van der Waals surface area contributed by atoms with Crippen molar-refractivity contribution in [1.82, 2.24) is 5.32 Å². The predicted molar refractivity (Wildman–Crippen MR) is 86.9 cm³/mol. The molecule has 118 valence electrons. The summed E-state index contributed by atoms with van der Waals surface area (Å²) in [5, 5.41) is 3.43. The summed E-state index contributed by atoms with van der Waals surface area (Å²) in [6.07, 6.45) is 2.77. The van der Waals surface area contributed by atoms with E-state index in [1.807, 2.05) is 0 Å². The Hall–Kier alpha value is -1.10. The van der Waals surface area contributed by atoms with Crippen LogP contribution in [0.4, 0.5) is 5.69 Å². The first-order valence-corrected chi connectivity index (χ1v) is 7.99. The molecular formula is C17H28N2O2. The van der Waals surface area contributed by atoms with Crippen LogP contribution >= 0.6 is 0 Å². The molecule has 1 unspecified atom stereocenters. The molecule has 4 nitrogen and oxygen atoms in total. The van der Waals surface area contributed by atoms with Crippen molar-refractivity contribution in [2.75, 3.05) is 44.9 Å². The van der Waals surface area contributed by atoms with E-state index in [-0.39, 0.29) is 0 Å². The third-order valence-electron chi connectivity index (χ3n) is 3.96. The molecule has 1 N–H and O–H groups in total. The van der Waals surface area contributed by atoms with E-state index in [4.69, 9.17) is 9.47 Å². The van der Waals surface area contributed by atoms with Gasteiger partial charge in [-0.2, -0.15) is 0 Å². The van der Waals surface area contributed by atoms with E-state index in [9.17, 15) is 0 Å². The number of anilines is 1. The van der Waals surface area contributed by atoms with E-state index in [0.29, 0.717) is 6.10 Å². The van der Waals surface area contributed by atoms with Gasteiger partial charge in [0, 0.05) is 45.6 Å². The molecule has 21 heavy (non-hydrogen) atoms. The van der Waals surface area contributed by atoms with Crippen LogP contribution in [0.25, 0.3) is 0 Å². The number of ether oxygens (including phenoxy) is 2. The highest BCUT2D eigenvalue weighted by Crippen LogP contribution is 2.23. The van der Waals surface area contributed by atoms with Gasteiger partial charge in [0.05, 0.1) is 12.7 Å². The van der Waals surface area contributed by atoms with Gasteiger partial charge in [0.25, 0.3) is 0 Å². The fraction of sp³-hybridized carbons (Fsp3) is 0.647. The zero-order chi connectivity index (χ0) is 14.9. The lowest BCUT2D eigenvalue weighted by atomic mass is 10.1. The summed E-state index contributed by atoms with van der Waals surface area (Å²) >= 11 is 0. The number of hydrogen-bond acceptors (Lipinski definition) is 4. The first-order valence-electron chi connectivity index (χ1n) is 7.99.